The topological polar surface area (TPSA) is 38.9 Å². The van der Waals surface area contributed by atoms with Gasteiger partial charge in [0.15, 0.2) is 5.13 Å². The molecule has 2 aromatic rings. The normalized spacial score (nSPS) is 13.5. The summed E-state index contributed by atoms with van der Waals surface area (Å²) < 4.78 is 38.9. The summed E-state index contributed by atoms with van der Waals surface area (Å²) >= 11 is 4.44. The molecule has 1 aromatic heterocycles. The molecule has 1 atom stereocenters. The Labute approximate surface area is 127 Å². The molecule has 0 aliphatic rings. The molecule has 0 amide bonds. The number of aryl methyl sites for hydroxylation is 1. The van der Waals surface area contributed by atoms with Crippen LogP contribution in [0.5, 0.6) is 0 Å². The van der Waals surface area contributed by atoms with Gasteiger partial charge in [0.05, 0.1) is 11.3 Å². The molecule has 0 radical (unpaired) electrons. The molecule has 0 bridgehead atoms. The minimum absolute atomic E-state index is 0.191. The third-order valence-electron chi connectivity index (χ3n) is 2.99. The van der Waals surface area contributed by atoms with Gasteiger partial charge in [0.2, 0.25) is 0 Å². The van der Waals surface area contributed by atoms with Crippen LogP contribution in [-0.4, -0.2) is 4.98 Å². The van der Waals surface area contributed by atoms with Crippen LogP contribution in [0, 0.1) is 6.92 Å². The van der Waals surface area contributed by atoms with Gasteiger partial charge in [0, 0.05) is 15.3 Å². The van der Waals surface area contributed by atoms with Crippen LogP contribution in [-0.2, 0) is 6.18 Å². The third-order valence-corrected chi connectivity index (χ3v) is 4.62. The van der Waals surface area contributed by atoms with Crippen molar-refractivity contribution in [2.45, 2.75) is 25.9 Å². The smallest absolute Gasteiger partial charge is 0.375 e. The maximum Gasteiger partial charge on any atom is 0.416 e. The number of hydrogen-bond donors (Lipinski definition) is 1. The summed E-state index contributed by atoms with van der Waals surface area (Å²) in [6, 6.07) is 3.93. The summed E-state index contributed by atoms with van der Waals surface area (Å²) in [5.74, 6) is -0.191. The molecule has 7 heteroatoms. The lowest BCUT2D eigenvalue weighted by molar-refractivity contribution is -0.137. The van der Waals surface area contributed by atoms with E-state index in [1.165, 1.54) is 17.4 Å². The van der Waals surface area contributed by atoms with Crippen LogP contribution in [0.3, 0.4) is 0 Å². The molecule has 1 heterocycles. The van der Waals surface area contributed by atoms with Gasteiger partial charge >= 0.3 is 6.18 Å². The molecular formula is C13H12BrF3N2S. The lowest BCUT2D eigenvalue weighted by Crippen LogP contribution is -2.07. The molecule has 0 spiro atoms. The van der Waals surface area contributed by atoms with Crippen molar-refractivity contribution in [1.82, 2.24) is 4.98 Å². The van der Waals surface area contributed by atoms with Gasteiger partial charge in [0.25, 0.3) is 0 Å². The lowest BCUT2D eigenvalue weighted by Gasteiger charge is -2.14. The van der Waals surface area contributed by atoms with E-state index >= 15 is 0 Å². The first kappa shape index (κ1) is 15.3. The van der Waals surface area contributed by atoms with E-state index in [0.717, 1.165) is 16.6 Å². The second kappa shape index (κ2) is 5.37. The molecule has 0 saturated heterocycles. The predicted octanol–water partition coefficient (Wildman–Crippen LogP) is 4.97. The molecule has 108 valence electrons. The molecule has 0 aliphatic heterocycles. The Bertz CT molecular complexity index is 637. The largest absolute Gasteiger partial charge is 0.416 e. The summed E-state index contributed by atoms with van der Waals surface area (Å²) in [7, 11) is 0. The highest BCUT2D eigenvalue weighted by atomic mass is 79.9. The molecular weight excluding hydrogens is 353 g/mol. The van der Waals surface area contributed by atoms with Gasteiger partial charge in [-0.1, -0.05) is 22.9 Å². The Balaban J connectivity index is 2.47. The number of alkyl halides is 3. The van der Waals surface area contributed by atoms with Gasteiger partial charge < -0.3 is 5.73 Å². The van der Waals surface area contributed by atoms with E-state index in [0.29, 0.717) is 15.2 Å². The lowest BCUT2D eigenvalue weighted by atomic mass is 9.96. The number of aromatic nitrogens is 1. The first-order valence-electron chi connectivity index (χ1n) is 5.79. The zero-order valence-electron chi connectivity index (χ0n) is 10.8. The predicted molar refractivity (Wildman–Crippen MR) is 77.9 cm³/mol. The van der Waals surface area contributed by atoms with Crippen LogP contribution in [0.2, 0.25) is 0 Å². The van der Waals surface area contributed by atoms with Crippen LogP contribution in [0.4, 0.5) is 18.3 Å². The van der Waals surface area contributed by atoms with Crippen molar-refractivity contribution in [2.24, 2.45) is 0 Å². The summed E-state index contributed by atoms with van der Waals surface area (Å²) in [6.45, 7) is 3.66. The fourth-order valence-electron chi connectivity index (χ4n) is 2.01. The number of nitrogen functional groups attached to an aromatic ring is 1. The number of thiazole rings is 1. The Kier molecular flexibility index (Phi) is 4.11. The van der Waals surface area contributed by atoms with Crippen LogP contribution in [0.25, 0.3) is 0 Å². The SMILES string of the molecule is Cc1nc(N)sc1C(C)c1cc(Br)cc(C(F)(F)F)c1. The van der Waals surface area contributed by atoms with Crippen LogP contribution >= 0.6 is 27.3 Å². The Hall–Kier alpha value is -1.08. The van der Waals surface area contributed by atoms with Crippen LogP contribution in [0.1, 0.15) is 34.5 Å². The molecule has 20 heavy (non-hydrogen) atoms. The zero-order chi connectivity index (χ0) is 15.1. The van der Waals surface area contributed by atoms with Crippen molar-refractivity contribution in [2.75, 3.05) is 5.73 Å². The molecule has 0 fully saturated rings. The van der Waals surface area contributed by atoms with E-state index in [9.17, 15) is 13.2 Å². The Morgan fingerprint density at radius 3 is 2.45 bits per heavy atom. The molecule has 0 aliphatic carbocycles. The molecule has 1 aromatic carbocycles. The van der Waals surface area contributed by atoms with E-state index in [4.69, 9.17) is 5.73 Å². The highest BCUT2D eigenvalue weighted by Gasteiger charge is 2.31. The number of anilines is 1. The summed E-state index contributed by atoms with van der Waals surface area (Å²) in [5.41, 5.74) is 6.32. The molecule has 2 N–H and O–H groups in total. The average Bonchev–Trinajstić information content (AvgIpc) is 2.65. The molecule has 2 nitrogen and oxygen atoms in total. The Morgan fingerprint density at radius 1 is 1.30 bits per heavy atom. The monoisotopic (exact) mass is 364 g/mol. The maximum atomic E-state index is 12.8. The van der Waals surface area contributed by atoms with Gasteiger partial charge in [0.1, 0.15) is 0 Å². The maximum absolute atomic E-state index is 12.8. The number of hydrogen-bond acceptors (Lipinski definition) is 3. The van der Waals surface area contributed by atoms with Gasteiger partial charge in [-0.3, -0.25) is 0 Å². The summed E-state index contributed by atoms with van der Waals surface area (Å²) in [6.07, 6.45) is -4.36. The van der Waals surface area contributed by atoms with Crippen molar-refractivity contribution < 1.29 is 13.2 Å². The number of halogens is 4. The van der Waals surface area contributed by atoms with Crippen molar-refractivity contribution in [1.29, 1.82) is 0 Å². The first-order chi connectivity index (χ1) is 9.18. The number of nitrogens with zero attached hydrogens (tertiary/aromatic N) is 1. The van der Waals surface area contributed by atoms with E-state index in [1.807, 2.05) is 6.92 Å². The van der Waals surface area contributed by atoms with Crippen LogP contribution < -0.4 is 5.73 Å². The van der Waals surface area contributed by atoms with E-state index in [2.05, 4.69) is 20.9 Å². The summed E-state index contributed by atoms with van der Waals surface area (Å²) in [5, 5.41) is 0.426. The third kappa shape index (κ3) is 3.15. The fraction of sp³-hybridized carbons (Fsp3) is 0.308. The summed E-state index contributed by atoms with van der Waals surface area (Å²) in [4.78, 5) is 5.00. The van der Waals surface area contributed by atoms with Crippen molar-refractivity contribution >= 4 is 32.4 Å². The van der Waals surface area contributed by atoms with E-state index in [1.54, 1.807) is 13.0 Å². The quantitative estimate of drug-likeness (QED) is 0.817. The average molecular weight is 365 g/mol. The van der Waals surface area contributed by atoms with Gasteiger partial charge in [-0.25, -0.2) is 4.98 Å². The van der Waals surface area contributed by atoms with Crippen molar-refractivity contribution in [3.63, 3.8) is 0 Å². The highest BCUT2D eigenvalue weighted by molar-refractivity contribution is 9.10. The van der Waals surface area contributed by atoms with E-state index < -0.39 is 11.7 Å². The minimum Gasteiger partial charge on any atom is -0.375 e. The Morgan fingerprint density at radius 2 is 1.95 bits per heavy atom. The molecule has 2 rings (SSSR count). The molecule has 0 saturated carbocycles. The standard InChI is InChI=1S/C13H12BrF3N2S/c1-6(11-7(2)19-12(18)20-11)8-3-9(13(15,16)17)5-10(14)4-8/h3-6H,1-2H3,(H2,18,19). The second-order valence-corrected chi connectivity index (χ2v) is 6.47. The highest BCUT2D eigenvalue weighted by Crippen LogP contribution is 2.37. The number of benzene rings is 1. The molecule has 1 unspecified atom stereocenters. The van der Waals surface area contributed by atoms with Gasteiger partial charge in [-0.05, 0) is 30.7 Å². The fourth-order valence-corrected chi connectivity index (χ4v) is 3.43. The minimum atomic E-state index is -4.36. The van der Waals surface area contributed by atoms with Gasteiger partial charge in [-0.15, -0.1) is 11.3 Å². The van der Waals surface area contributed by atoms with Crippen molar-refractivity contribution in [3.8, 4) is 0 Å². The number of nitrogens with two attached hydrogens (primary N) is 1. The number of rotatable bonds is 2. The zero-order valence-corrected chi connectivity index (χ0v) is 13.2. The second-order valence-electron chi connectivity index (χ2n) is 4.49. The van der Waals surface area contributed by atoms with E-state index in [-0.39, 0.29) is 5.92 Å². The van der Waals surface area contributed by atoms with Gasteiger partial charge in [-0.2, -0.15) is 13.2 Å². The van der Waals surface area contributed by atoms with Crippen LogP contribution in [0.15, 0.2) is 22.7 Å². The van der Waals surface area contributed by atoms with Crippen molar-refractivity contribution in [3.05, 3.63) is 44.4 Å². The first-order valence-corrected chi connectivity index (χ1v) is 7.40.